The number of rotatable bonds is 12. The number of amides is 1. The molecule has 0 saturated carbocycles. The van der Waals surface area contributed by atoms with Crippen LogP contribution in [0.2, 0.25) is 5.02 Å². The Labute approximate surface area is 291 Å². The number of benzene rings is 2. The molecule has 1 aliphatic heterocycles. The van der Waals surface area contributed by atoms with Crippen LogP contribution in [-0.4, -0.2) is 50.1 Å². The summed E-state index contributed by atoms with van der Waals surface area (Å²) in [6, 6.07) is 15.5. The average Bonchev–Trinajstić information content (AvgIpc) is 3.77. The SMILES string of the molecule is CCCCCOc1ccc(C2C(=C(O)c3nc4c(C)cccn4c3C)C(=O)C(=O)N2c2nnc(SCc3ccc(Cl)cc3)s2)cc1OC. The number of halogens is 1. The van der Waals surface area contributed by atoms with Crippen molar-refractivity contribution in [3.05, 3.63) is 99.5 Å². The van der Waals surface area contributed by atoms with Crippen LogP contribution in [0.5, 0.6) is 11.5 Å². The lowest BCUT2D eigenvalue weighted by molar-refractivity contribution is -0.132. The van der Waals surface area contributed by atoms with Crippen molar-refractivity contribution in [1.82, 2.24) is 19.6 Å². The largest absolute Gasteiger partial charge is 0.505 e. The summed E-state index contributed by atoms with van der Waals surface area (Å²) in [4.78, 5) is 33.7. The second-order valence-corrected chi connectivity index (χ2v) is 13.9. The monoisotopic (exact) mass is 703 g/mol. The first kappa shape index (κ1) is 33.5. The number of methoxy groups -OCH3 is 1. The van der Waals surface area contributed by atoms with Gasteiger partial charge in [0, 0.05) is 17.0 Å². The zero-order valence-corrected chi connectivity index (χ0v) is 29.3. The first-order valence-electron chi connectivity index (χ1n) is 15.5. The van der Waals surface area contributed by atoms with Crippen LogP contribution in [0.15, 0.2) is 70.7 Å². The van der Waals surface area contributed by atoms with Crippen LogP contribution >= 0.6 is 34.7 Å². The Morgan fingerprint density at radius 1 is 1.06 bits per heavy atom. The maximum absolute atomic E-state index is 13.9. The number of aryl methyl sites for hydroxylation is 2. The summed E-state index contributed by atoms with van der Waals surface area (Å²) in [5, 5.41) is 21.4. The molecule has 4 heterocycles. The van der Waals surface area contributed by atoms with Crippen molar-refractivity contribution in [2.24, 2.45) is 0 Å². The van der Waals surface area contributed by atoms with Gasteiger partial charge in [-0.1, -0.05) is 78.7 Å². The third-order valence-corrected chi connectivity index (χ3v) is 10.5. The molecule has 1 atom stereocenters. The molecule has 248 valence electrons. The summed E-state index contributed by atoms with van der Waals surface area (Å²) in [6.45, 7) is 6.37. The van der Waals surface area contributed by atoms with E-state index in [9.17, 15) is 14.7 Å². The smallest absolute Gasteiger partial charge is 0.301 e. The van der Waals surface area contributed by atoms with Crippen molar-refractivity contribution in [3.8, 4) is 11.5 Å². The Hall–Kier alpha value is -4.39. The molecule has 6 rings (SSSR count). The number of Topliss-reactive ketones (excluding diaryl/α,β-unsaturated/α-hetero) is 1. The number of hydrogen-bond donors (Lipinski definition) is 1. The molecule has 10 nitrogen and oxygen atoms in total. The molecule has 0 aliphatic carbocycles. The summed E-state index contributed by atoms with van der Waals surface area (Å²) in [7, 11) is 1.53. The lowest BCUT2D eigenvalue weighted by Crippen LogP contribution is -2.29. The highest BCUT2D eigenvalue weighted by Crippen LogP contribution is 2.46. The van der Waals surface area contributed by atoms with E-state index in [0.29, 0.717) is 50.1 Å². The lowest BCUT2D eigenvalue weighted by Gasteiger charge is -2.23. The number of unbranched alkanes of at least 4 members (excludes halogenated alkanes) is 2. The number of nitrogens with zero attached hydrogens (tertiary/aromatic N) is 5. The third-order valence-electron chi connectivity index (χ3n) is 8.14. The molecule has 2 aromatic carbocycles. The maximum atomic E-state index is 13.9. The summed E-state index contributed by atoms with van der Waals surface area (Å²) in [5.41, 5.74) is 3.84. The van der Waals surface area contributed by atoms with Crippen molar-refractivity contribution in [1.29, 1.82) is 0 Å². The number of fused-ring (bicyclic) bond motifs is 1. The normalized spacial score (nSPS) is 15.9. The minimum Gasteiger partial charge on any atom is -0.505 e. The van der Waals surface area contributed by atoms with Gasteiger partial charge in [0.25, 0.3) is 5.78 Å². The van der Waals surface area contributed by atoms with Crippen molar-refractivity contribution in [2.75, 3.05) is 18.6 Å². The third kappa shape index (κ3) is 6.52. The highest BCUT2D eigenvalue weighted by molar-refractivity contribution is 8.00. The Kier molecular flexibility index (Phi) is 10.0. The van der Waals surface area contributed by atoms with Crippen LogP contribution < -0.4 is 14.4 Å². The summed E-state index contributed by atoms with van der Waals surface area (Å²) >= 11 is 8.68. The van der Waals surface area contributed by atoms with Crippen LogP contribution in [0.25, 0.3) is 11.4 Å². The number of carbonyl (C=O) groups is 2. The van der Waals surface area contributed by atoms with Gasteiger partial charge < -0.3 is 19.0 Å². The zero-order valence-electron chi connectivity index (χ0n) is 26.9. The van der Waals surface area contributed by atoms with Crippen LogP contribution in [0.3, 0.4) is 0 Å². The number of imidazole rings is 1. The maximum Gasteiger partial charge on any atom is 0.301 e. The lowest BCUT2D eigenvalue weighted by atomic mass is 9.96. The van der Waals surface area contributed by atoms with Gasteiger partial charge in [-0.05, 0) is 67.3 Å². The van der Waals surface area contributed by atoms with Gasteiger partial charge in [0.1, 0.15) is 11.3 Å². The molecule has 1 unspecified atom stereocenters. The molecule has 1 aliphatic rings. The molecule has 13 heteroatoms. The predicted octanol–water partition coefficient (Wildman–Crippen LogP) is 7.95. The van der Waals surface area contributed by atoms with Gasteiger partial charge in [0.15, 0.2) is 21.6 Å². The van der Waals surface area contributed by atoms with Crippen molar-refractivity contribution >= 4 is 62.9 Å². The second-order valence-electron chi connectivity index (χ2n) is 11.3. The molecular weight excluding hydrogens is 670 g/mol. The van der Waals surface area contributed by atoms with Gasteiger partial charge in [-0.25, -0.2) is 4.98 Å². The Morgan fingerprint density at radius 3 is 2.58 bits per heavy atom. The number of aliphatic hydroxyl groups excluding tert-OH is 1. The zero-order chi connectivity index (χ0) is 33.9. The van der Waals surface area contributed by atoms with Gasteiger partial charge >= 0.3 is 5.91 Å². The number of hydrogen-bond acceptors (Lipinski definition) is 10. The molecular formula is C35H34ClN5O5S2. The molecule has 1 amide bonds. The topological polar surface area (TPSA) is 119 Å². The van der Waals surface area contributed by atoms with Gasteiger partial charge in [-0.15, -0.1) is 10.2 Å². The number of carbonyl (C=O) groups excluding carboxylic acids is 2. The van der Waals surface area contributed by atoms with Crippen LogP contribution in [0.1, 0.15) is 60.3 Å². The van der Waals surface area contributed by atoms with Crippen molar-refractivity contribution < 1.29 is 24.2 Å². The number of anilines is 1. The molecule has 1 saturated heterocycles. The second kappa shape index (κ2) is 14.4. The molecule has 0 radical (unpaired) electrons. The minimum atomic E-state index is -1.04. The van der Waals surface area contributed by atoms with E-state index in [2.05, 4.69) is 17.1 Å². The fourth-order valence-electron chi connectivity index (χ4n) is 5.61. The highest BCUT2D eigenvalue weighted by atomic mass is 35.5. The van der Waals surface area contributed by atoms with Gasteiger partial charge in [-0.3, -0.25) is 14.5 Å². The van der Waals surface area contributed by atoms with E-state index in [1.165, 1.54) is 35.1 Å². The number of thioether (sulfide) groups is 1. The summed E-state index contributed by atoms with van der Waals surface area (Å²) in [5.74, 6) is -0.471. The van der Waals surface area contributed by atoms with Crippen molar-refractivity contribution in [3.63, 3.8) is 0 Å². The standard InChI is InChI=1S/C35H34ClN5O5S2/c1-5-6-7-17-46-25-15-12-23(18-26(25)45-4)29-27(30(42)28-21(3)40-16-8-9-20(2)32(40)37-28)31(43)33(44)41(29)34-38-39-35(48-34)47-19-22-10-13-24(36)14-11-22/h8-16,18,29,42H,5-7,17,19H2,1-4H3. The number of aliphatic hydroxyl groups is 1. The molecule has 5 aromatic rings. The quantitative estimate of drug-likeness (QED) is 0.0345. The van der Waals surface area contributed by atoms with E-state index >= 15 is 0 Å². The first-order valence-corrected chi connectivity index (χ1v) is 17.7. The van der Waals surface area contributed by atoms with Crippen LogP contribution in [-0.2, 0) is 15.3 Å². The van der Waals surface area contributed by atoms with Crippen molar-refractivity contribution in [2.45, 2.75) is 56.2 Å². The fourth-order valence-corrected chi connectivity index (χ4v) is 7.56. The highest BCUT2D eigenvalue weighted by Gasteiger charge is 2.49. The van der Waals surface area contributed by atoms with Crippen LogP contribution in [0.4, 0.5) is 5.13 Å². The summed E-state index contributed by atoms with van der Waals surface area (Å²) in [6.07, 6.45) is 4.84. The predicted molar refractivity (Wildman–Crippen MR) is 188 cm³/mol. The molecule has 0 spiro atoms. The molecule has 48 heavy (non-hydrogen) atoms. The van der Waals surface area contributed by atoms with Gasteiger partial charge in [0.2, 0.25) is 5.13 Å². The number of ketones is 1. The molecule has 0 bridgehead atoms. The van der Waals surface area contributed by atoms with E-state index in [1.54, 1.807) is 18.2 Å². The number of ether oxygens (including phenoxy) is 2. The van der Waals surface area contributed by atoms with Gasteiger partial charge in [0.05, 0.1) is 31.0 Å². The number of aromatic nitrogens is 4. The van der Waals surface area contributed by atoms with E-state index in [-0.39, 0.29) is 22.2 Å². The molecule has 1 fully saturated rings. The van der Waals surface area contributed by atoms with E-state index in [1.807, 2.05) is 60.8 Å². The number of pyridine rings is 1. The van der Waals surface area contributed by atoms with Crippen LogP contribution in [0, 0.1) is 13.8 Å². The molecule has 1 N–H and O–H groups in total. The Morgan fingerprint density at radius 2 is 1.85 bits per heavy atom. The molecule has 3 aromatic heterocycles. The Balaban J connectivity index is 1.43. The van der Waals surface area contributed by atoms with E-state index in [4.69, 9.17) is 26.1 Å². The summed E-state index contributed by atoms with van der Waals surface area (Å²) < 4.78 is 14.1. The fraction of sp³-hybridized carbons (Fsp3) is 0.286. The Bertz CT molecular complexity index is 2020. The van der Waals surface area contributed by atoms with E-state index in [0.717, 1.165) is 30.4 Å². The van der Waals surface area contributed by atoms with E-state index < -0.39 is 17.7 Å². The first-order chi connectivity index (χ1) is 23.2. The average molecular weight is 704 g/mol. The minimum absolute atomic E-state index is 0.103. The van der Waals surface area contributed by atoms with Gasteiger partial charge in [-0.2, -0.15) is 0 Å².